The number of pyridine rings is 1. The average molecular weight is 461 g/mol. The number of aryl methyl sites for hydroxylation is 1. The van der Waals surface area contributed by atoms with Gasteiger partial charge in [0.2, 0.25) is 0 Å². The number of sulfonamides is 1. The zero-order chi connectivity index (χ0) is 22.8. The van der Waals surface area contributed by atoms with Gasteiger partial charge >= 0.3 is 0 Å². The zero-order valence-corrected chi connectivity index (χ0v) is 19.0. The van der Waals surface area contributed by atoms with Crippen LogP contribution in [-0.2, 0) is 10.0 Å². The fraction of sp³-hybridized carbons (Fsp3) is 0.208. The molecule has 1 saturated heterocycles. The number of nitrogens with one attached hydrogen (secondary N) is 1. The summed E-state index contributed by atoms with van der Waals surface area (Å²) in [7, 11) is -3.70. The Balaban J connectivity index is 1.28. The first-order valence-corrected chi connectivity index (χ1v) is 12.2. The molecule has 5 rings (SSSR count). The van der Waals surface area contributed by atoms with Crippen LogP contribution < -0.4 is 14.5 Å². The lowest BCUT2D eigenvalue weighted by Crippen LogP contribution is -2.46. The molecule has 9 heteroatoms. The van der Waals surface area contributed by atoms with Gasteiger partial charge in [-0.25, -0.2) is 18.4 Å². The fourth-order valence-corrected chi connectivity index (χ4v) is 5.14. The number of para-hydroxylation sites is 1. The van der Waals surface area contributed by atoms with Gasteiger partial charge < -0.3 is 9.80 Å². The molecule has 1 aliphatic rings. The quantitative estimate of drug-likeness (QED) is 0.488. The number of nitrogens with zero attached hydrogens (tertiary/aromatic N) is 5. The van der Waals surface area contributed by atoms with Crippen molar-refractivity contribution in [1.82, 2.24) is 15.0 Å². The summed E-state index contributed by atoms with van der Waals surface area (Å²) in [6.07, 6.45) is 2.79. The third kappa shape index (κ3) is 4.45. The van der Waals surface area contributed by atoms with Gasteiger partial charge in [-0.3, -0.25) is 9.71 Å². The minimum Gasteiger partial charge on any atom is -0.368 e. The fourth-order valence-electron chi connectivity index (χ4n) is 4.14. The lowest BCUT2D eigenvalue weighted by Gasteiger charge is -2.38. The molecule has 0 bridgehead atoms. The topological polar surface area (TPSA) is 91.3 Å². The van der Waals surface area contributed by atoms with E-state index in [0.717, 1.165) is 43.1 Å². The van der Waals surface area contributed by atoms with Crippen molar-refractivity contribution in [3.63, 3.8) is 0 Å². The Morgan fingerprint density at radius 3 is 2.36 bits per heavy atom. The van der Waals surface area contributed by atoms with Crippen LogP contribution >= 0.6 is 0 Å². The monoisotopic (exact) mass is 460 g/mol. The van der Waals surface area contributed by atoms with Crippen LogP contribution in [0.5, 0.6) is 0 Å². The minimum absolute atomic E-state index is 0.197. The first kappa shape index (κ1) is 21.1. The second-order valence-electron chi connectivity index (χ2n) is 7.97. The van der Waals surface area contributed by atoms with Crippen molar-refractivity contribution >= 4 is 38.1 Å². The zero-order valence-electron chi connectivity index (χ0n) is 18.2. The number of anilines is 3. The van der Waals surface area contributed by atoms with E-state index in [-0.39, 0.29) is 10.7 Å². The average Bonchev–Trinajstić information content (AvgIpc) is 2.84. The van der Waals surface area contributed by atoms with Gasteiger partial charge in [0, 0.05) is 54.8 Å². The van der Waals surface area contributed by atoms with E-state index in [1.807, 2.05) is 31.2 Å². The summed E-state index contributed by atoms with van der Waals surface area (Å²) >= 11 is 0. The molecular formula is C24H24N6O2S. The van der Waals surface area contributed by atoms with Crippen LogP contribution in [0, 0.1) is 6.92 Å². The molecular weight excluding hydrogens is 436 g/mol. The summed E-state index contributed by atoms with van der Waals surface area (Å²) in [5.41, 5.74) is 4.25. The van der Waals surface area contributed by atoms with Crippen molar-refractivity contribution in [2.75, 3.05) is 40.7 Å². The highest BCUT2D eigenvalue weighted by Crippen LogP contribution is 2.29. The summed E-state index contributed by atoms with van der Waals surface area (Å²) < 4.78 is 27.7. The normalized spacial score (nSPS) is 14.5. The number of hydrogen-bond acceptors (Lipinski definition) is 7. The molecule has 1 fully saturated rings. The van der Waals surface area contributed by atoms with Crippen molar-refractivity contribution < 1.29 is 8.42 Å². The van der Waals surface area contributed by atoms with E-state index in [1.54, 1.807) is 12.1 Å². The van der Waals surface area contributed by atoms with E-state index >= 15 is 0 Å². The van der Waals surface area contributed by atoms with E-state index in [4.69, 9.17) is 0 Å². The van der Waals surface area contributed by atoms with Gasteiger partial charge in [-0.2, -0.15) is 0 Å². The third-order valence-electron chi connectivity index (χ3n) is 5.78. The highest BCUT2D eigenvalue weighted by atomic mass is 32.2. The van der Waals surface area contributed by atoms with Crippen LogP contribution in [0.1, 0.15) is 5.69 Å². The lowest BCUT2D eigenvalue weighted by atomic mass is 10.1. The van der Waals surface area contributed by atoms with Crippen molar-refractivity contribution in [2.45, 2.75) is 11.8 Å². The Labute approximate surface area is 193 Å². The van der Waals surface area contributed by atoms with Gasteiger partial charge in [-0.15, -0.1) is 0 Å². The SMILES string of the molecule is Cc1cc(N2CCN(c3ccc(S(=O)(=O)Nc4ccncn4)cc3)CC2)c2ccccc2n1. The second kappa shape index (κ2) is 8.67. The number of piperazine rings is 1. The van der Waals surface area contributed by atoms with Crippen LogP contribution in [-0.4, -0.2) is 49.5 Å². The molecule has 0 saturated carbocycles. The number of rotatable bonds is 5. The molecule has 0 atom stereocenters. The van der Waals surface area contributed by atoms with Gasteiger partial charge in [-0.1, -0.05) is 18.2 Å². The maximum absolute atomic E-state index is 12.6. The first-order valence-electron chi connectivity index (χ1n) is 10.7. The Kier molecular flexibility index (Phi) is 5.55. The standard InChI is InChI=1S/C24H24N6O2S/c1-18-16-23(21-4-2-3-5-22(21)27-18)30-14-12-29(13-15-30)19-6-8-20(9-7-19)33(31,32)28-24-10-11-25-17-26-24/h2-11,16-17H,12-15H2,1H3,(H,25,26,28). The van der Waals surface area contributed by atoms with E-state index in [0.29, 0.717) is 0 Å². The Morgan fingerprint density at radius 2 is 1.64 bits per heavy atom. The molecule has 0 unspecified atom stereocenters. The van der Waals surface area contributed by atoms with E-state index in [1.165, 1.54) is 29.7 Å². The maximum atomic E-state index is 12.6. The molecule has 4 aromatic rings. The van der Waals surface area contributed by atoms with Crippen LogP contribution in [0.2, 0.25) is 0 Å². The molecule has 1 N–H and O–H groups in total. The highest BCUT2D eigenvalue weighted by molar-refractivity contribution is 7.92. The molecule has 0 amide bonds. The highest BCUT2D eigenvalue weighted by Gasteiger charge is 2.21. The minimum atomic E-state index is -3.70. The van der Waals surface area contributed by atoms with Crippen molar-refractivity contribution in [1.29, 1.82) is 0 Å². The summed E-state index contributed by atoms with van der Waals surface area (Å²) in [4.78, 5) is 17.2. The number of aromatic nitrogens is 3. The Bertz CT molecular complexity index is 1370. The second-order valence-corrected chi connectivity index (χ2v) is 9.65. The molecule has 2 aromatic carbocycles. The van der Waals surface area contributed by atoms with Crippen molar-refractivity contribution in [3.8, 4) is 0 Å². The number of hydrogen-bond donors (Lipinski definition) is 1. The van der Waals surface area contributed by atoms with Crippen molar-refractivity contribution in [2.24, 2.45) is 0 Å². The first-order chi connectivity index (χ1) is 16.0. The smallest absolute Gasteiger partial charge is 0.263 e. The van der Waals surface area contributed by atoms with Crippen LogP contribution in [0.3, 0.4) is 0 Å². The predicted octanol–water partition coefficient (Wildman–Crippen LogP) is 3.46. The predicted molar refractivity (Wildman–Crippen MR) is 130 cm³/mol. The van der Waals surface area contributed by atoms with E-state index in [2.05, 4.69) is 47.7 Å². The molecule has 168 valence electrons. The third-order valence-corrected chi connectivity index (χ3v) is 7.15. The summed E-state index contributed by atoms with van der Waals surface area (Å²) in [6, 6.07) is 18.9. The number of benzene rings is 2. The summed E-state index contributed by atoms with van der Waals surface area (Å²) in [5, 5.41) is 1.17. The Morgan fingerprint density at radius 1 is 0.909 bits per heavy atom. The molecule has 2 aromatic heterocycles. The number of fused-ring (bicyclic) bond motifs is 1. The molecule has 8 nitrogen and oxygen atoms in total. The van der Waals surface area contributed by atoms with Crippen LogP contribution in [0.4, 0.5) is 17.2 Å². The molecule has 3 heterocycles. The largest absolute Gasteiger partial charge is 0.368 e. The van der Waals surface area contributed by atoms with Crippen LogP contribution in [0.15, 0.2) is 78.1 Å². The summed E-state index contributed by atoms with van der Waals surface area (Å²) in [6.45, 7) is 5.48. The Hall–Kier alpha value is -3.72. The van der Waals surface area contributed by atoms with E-state index in [9.17, 15) is 8.42 Å². The lowest BCUT2D eigenvalue weighted by molar-refractivity contribution is 0.601. The van der Waals surface area contributed by atoms with Gasteiger partial charge in [-0.05, 0) is 49.4 Å². The summed E-state index contributed by atoms with van der Waals surface area (Å²) in [5.74, 6) is 0.240. The molecule has 0 radical (unpaired) electrons. The molecule has 0 spiro atoms. The van der Waals surface area contributed by atoms with Crippen molar-refractivity contribution in [3.05, 3.63) is 78.9 Å². The molecule has 0 aliphatic carbocycles. The molecule has 33 heavy (non-hydrogen) atoms. The maximum Gasteiger partial charge on any atom is 0.263 e. The molecule has 1 aliphatic heterocycles. The van der Waals surface area contributed by atoms with Gasteiger partial charge in [0.25, 0.3) is 10.0 Å². The van der Waals surface area contributed by atoms with Crippen LogP contribution in [0.25, 0.3) is 10.9 Å². The van der Waals surface area contributed by atoms with Gasteiger partial charge in [0.05, 0.1) is 10.4 Å². The van der Waals surface area contributed by atoms with Gasteiger partial charge in [0.1, 0.15) is 12.1 Å². The van der Waals surface area contributed by atoms with E-state index < -0.39 is 10.0 Å². The van der Waals surface area contributed by atoms with Gasteiger partial charge in [0.15, 0.2) is 0 Å².